The van der Waals surface area contributed by atoms with Crippen LogP contribution >= 0.6 is 11.6 Å². The topological polar surface area (TPSA) is 44.1 Å². The van der Waals surface area contributed by atoms with E-state index in [4.69, 9.17) is 16.4 Å². The van der Waals surface area contributed by atoms with Gasteiger partial charge in [-0.2, -0.15) is 0 Å². The molecule has 0 aliphatic rings. The van der Waals surface area contributed by atoms with E-state index in [0.717, 1.165) is 4.85 Å². The summed E-state index contributed by atoms with van der Waals surface area (Å²) in [5, 5.41) is 4.17. The third-order valence-electron chi connectivity index (χ3n) is 1.40. The fourth-order valence-electron chi connectivity index (χ4n) is 0.904. The van der Waals surface area contributed by atoms with E-state index < -0.39 is 0 Å². The van der Waals surface area contributed by atoms with Crippen LogP contribution in [-0.4, -0.2) is 15.9 Å². The fourth-order valence-corrected chi connectivity index (χ4v) is 1.03. The Labute approximate surface area is 87.8 Å². The molecule has 0 aliphatic carbocycles. The molecular weight excluding hydrogens is 204 g/mol. The number of hydrogen-bond donors (Lipinski definition) is 0. The van der Waals surface area contributed by atoms with Crippen LogP contribution in [0.2, 0.25) is 5.02 Å². The molecule has 1 aromatic heterocycles. The second-order valence-electron chi connectivity index (χ2n) is 4.26. The van der Waals surface area contributed by atoms with Gasteiger partial charge in [0, 0.05) is 0 Å². The summed E-state index contributed by atoms with van der Waals surface area (Å²) in [5.41, 5.74) is -0.0893. The van der Waals surface area contributed by atoms with Gasteiger partial charge in [0.25, 0.3) is 0 Å². The van der Waals surface area contributed by atoms with Crippen molar-refractivity contribution < 1.29 is 9.63 Å². The normalized spacial score (nSPS) is 11.4. The van der Waals surface area contributed by atoms with E-state index in [9.17, 15) is 4.79 Å². The van der Waals surface area contributed by atoms with Crippen LogP contribution in [0.4, 0.5) is 0 Å². The molecule has 1 rings (SSSR count). The van der Waals surface area contributed by atoms with Gasteiger partial charge in [-0.05, 0) is 5.41 Å². The van der Waals surface area contributed by atoms with Crippen molar-refractivity contribution >= 4 is 17.6 Å². The predicted molar refractivity (Wildman–Crippen MR) is 52.9 cm³/mol. The van der Waals surface area contributed by atoms with Crippen LogP contribution in [0, 0.1) is 5.41 Å². The van der Waals surface area contributed by atoms with Crippen LogP contribution in [0.5, 0.6) is 0 Å². The molecule has 0 bridgehead atoms. The summed E-state index contributed by atoms with van der Waals surface area (Å²) in [7, 11) is 0. The highest BCUT2D eigenvalue weighted by molar-refractivity contribution is 6.30. The highest BCUT2D eigenvalue weighted by Gasteiger charge is 2.18. The van der Waals surface area contributed by atoms with E-state index in [1.807, 2.05) is 20.8 Å². The highest BCUT2D eigenvalue weighted by Crippen LogP contribution is 2.18. The summed E-state index contributed by atoms with van der Waals surface area (Å²) in [4.78, 5) is 17.3. The largest absolute Gasteiger partial charge is 0.335 e. The van der Waals surface area contributed by atoms with Crippen LogP contribution in [-0.2, 0) is 4.79 Å². The minimum Gasteiger partial charge on any atom is -0.319 e. The monoisotopic (exact) mass is 216 g/mol. The zero-order valence-electron chi connectivity index (χ0n) is 8.45. The van der Waals surface area contributed by atoms with Gasteiger partial charge in [-0.15, -0.1) is 5.10 Å². The van der Waals surface area contributed by atoms with Gasteiger partial charge in [-0.25, -0.2) is 4.79 Å². The first kappa shape index (κ1) is 11.0. The molecule has 1 aromatic rings. The predicted octanol–water partition coefficient (Wildman–Crippen LogP) is 1.93. The third-order valence-corrected chi connectivity index (χ3v) is 1.59. The van der Waals surface area contributed by atoms with Crippen molar-refractivity contribution in [1.29, 1.82) is 0 Å². The SMILES string of the molecule is CC(C)(C)CC(=O)On1cc(Cl)cn1. The Morgan fingerprint density at radius 2 is 2.29 bits per heavy atom. The number of carbonyl (C=O) groups excluding carboxylic acids is 1. The summed E-state index contributed by atoms with van der Waals surface area (Å²) >= 11 is 5.60. The number of nitrogens with zero attached hydrogens (tertiary/aromatic N) is 2. The van der Waals surface area contributed by atoms with Gasteiger partial charge in [0.05, 0.1) is 23.8 Å². The Morgan fingerprint density at radius 1 is 1.64 bits per heavy atom. The molecule has 0 amide bonds. The fraction of sp³-hybridized carbons (Fsp3) is 0.556. The first-order chi connectivity index (χ1) is 6.37. The number of carbonyl (C=O) groups is 1. The molecule has 0 saturated heterocycles. The average molecular weight is 217 g/mol. The van der Waals surface area contributed by atoms with Crippen LogP contribution in [0.25, 0.3) is 0 Å². The summed E-state index contributed by atoms with van der Waals surface area (Å²) < 4.78 is 0. The van der Waals surface area contributed by atoms with Crippen molar-refractivity contribution in [3.63, 3.8) is 0 Å². The van der Waals surface area contributed by atoms with E-state index in [1.165, 1.54) is 12.4 Å². The second-order valence-corrected chi connectivity index (χ2v) is 4.70. The number of halogens is 1. The number of rotatable bonds is 2. The summed E-state index contributed by atoms with van der Waals surface area (Å²) in [6.07, 6.45) is 3.18. The quantitative estimate of drug-likeness (QED) is 0.759. The molecule has 0 N–H and O–H groups in total. The molecule has 0 radical (unpaired) electrons. The summed E-state index contributed by atoms with van der Waals surface area (Å²) in [6, 6.07) is 0. The molecule has 0 saturated carbocycles. The van der Waals surface area contributed by atoms with Gasteiger partial charge in [-0.3, -0.25) is 0 Å². The van der Waals surface area contributed by atoms with E-state index in [0.29, 0.717) is 11.4 Å². The average Bonchev–Trinajstić information content (AvgIpc) is 2.30. The first-order valence-corrected chi connectivity index (χ1v) is 4.66. The molecule has 0 atom stereocenters. The molecule has 0 fully saturated rings. The maximum atomic E-state index is 11.3. The van der Waals surface area contributed by atoms with Gasteiger partial charge in [0.2, 0.25) is 0 Å². The van der Waals surface area contributed by atoms with Crippen LogP contribution in [0.1, 0.15) is 27.2 Å². The zero-order chi connectivity index (χ0) is 10.8. The highest BCUT2D eigenvalue weighted by atomic mass is 35.5. The van der Waals surface area contributed by atoms with Gasteiger partial charge < -0.3 is 4.84 Å². The lowest BCUT2D eigenvalue weighted by atomic mass is 9.93. The molecule has 0 spiro atoms. The standard InChI is InChI=1S/C9H13ClN2O2/c1-9(2,3)4-8(13)14-12-6-7(10)5-11-12/h5-6H,4H2,1-3H3. The maximum absolute atomic E-state index is 11.3. The minimum atomic E-state index is -0.322. The van der Waals surface area contributed by atoms with E-state index in [2.05, 4.69) is 5.10 Å². The molecular formula is C9H13ClN2O2. The van der Waals surface area contributed by atoms with Gasteiger partial charge >= 0.3 is 5.97 Å². The maximum Gasteiger partial charge on any atom is 0.335 e. The third kappa shape index (κ3) is 3.79. The lowest BCUT2D eigenvalue weighted by molar-refractivity contribution is -0.147. The smallest absolute Gasteiger partial charge is 0.319 e. The Hall–Kier alpha value is -1.03. The molecule has 0 unspecified atom stereocenters. The zero-order valence-corrected chi connectivity index (χ0v) is 9.21. The van der Waals surface area contributed by atoms with Crippen molar-refractivity contribution in [1.82, 2.24) is 9.94 Å². The molecule has 0 aromatic carbocycles. The van der Waals surface area contributed by atoms with Crippen molar-refractivity contribution in [2.75, 3.05) is 0 Å². The lowest BCUT2D eigenvalue weighted by Gasteiger charge is -2.15. The van der Waals surface area contributed by atoms with E-state index >= 15 is 0 Å². The lowest BCUT2D eigenvalue weighted by Crippen LogP contribution is -2.24. The molecule has 78 valence electrons. The van der Waals surface area contributed by atoms with Crippen molar-refractivity contribution in [2.45, 2.75) is 27.2 Å². The van der Waals surface area contributed by atoms with E-state index in [-0.39, 0.29) is 11.4 Å². The van der Waals surface area contributed by atoms with Crippen LogP contribution in [0.15, 0.2) is 12.4 Å². The molecule has 1 heterocycles. The Kier molecular flexibility index (Phi) is 3.16. The number of hydrogen-bond acceptors (Lipinski definition) is 3. The van der Waals surface area contributed by atoms with Crippen LogP contribution < -0.4 is 4.84 Å². The second kappa shape index (κ2) is 4.00. The molecule has 14 heavy (non-hydrogen) atoms. The Balaban J connectivity index is 2.50. The van der Waals surface area contributed by atoms with Crippen LogP contribution in [0.3, 0.4) is 0 Å². The van der Waals surface area contributed by atoms with Gasteiger partial charge in [0.15, 0.2) is 0 Å². The van der Waals surface area contributed by atoms with Crippen molar-refractivity contribution in [3.05, 3.63) is 17.4 Å². The first-order valence-electron chi connectivity index (χ1n) is 4.28. The molecule has 4 nitrogen and oxygen atoms in total. The Morgan fingerprint density at radius 3 is 2.71 bits per heavy atom. The van der Waals surface area contributed by atoms with Gasteiger partial charge in [-0.1, -0.05) is 37.2 Å². The van der Waals surface area contributed by atoms with Gasteiger partial charge in [0.1, 0.15) is 0 Å². The molecule has 5 heteroatoms. The Bertz CT molecular complexity index is 328. The van der Waals surface area contributed by atoms with Crippen molar-refractivity contribution in [3.8, 4) is 0 Å². The number of aromatic nitrogens is 2. The minimum absolute atomic E-state index is 0.0893. The van der Waals surface area contributed by atoms with E-state index in [1.54, 1.807) is 0 Å². The summed E-state index contributed by atoms with van der Waals surface area (Å²) in [6.45, 7) is 5.89. The summed E-state index contributed by atoms with van der Waals surface area (Å²) in [5.74, 6) is -0.322. The molecule has 0 aliphatic heterocycles. The van der Waals surface area contributed by atoms with Crippen molar-refractivity contribution in [2.24, 2.45) is 5.41 Å².